The zero-order valence-corrected chi connectivity index (χ0v) is 14.3. The molecule has 2 aromatic rings. The Hall–Kier alpha value is -1.64. The maximum atomic E-state index is 11.0. The van der Waals surface area contributed by atoms with Crippen molar-refractivity contribution in [2.24, 2.45) is 5.92 Å². The monoisotopic (exact) mass is 342 g/mol. The average Bonchev–Trinajstić information content (AvgIpc) is 2.95. The largest absolute Gasteiger partial charge is 0.586 e. The second-order valence-corrected chi connectivity index (χ2v) is 7.52. The van der Waals surface area contributed by atoms with Gasteiger partial charge in [0.25, 0.3) is 0 Å². The zero-order chi connectivity index (χ0) is 16.8. The summed E-state index contributed by atoms with van der Waals surface area (Å²) in [6.45, 7) is 2.89. The first-order chi connectivity index (χ1) is 11.5. The zero-order valence-electron chi connectivity index (χ0n) is 13.5. The van der Waals surface area contributed by atoms with Crippen molar-refractivity contribution in [2.45, 2.75) is 18.4 Å². The van der Waals surface area contributed by atoms with Crippen LogP contribution in [0.25, 0.3) is 11.0 Å². The molecule has 0 aliphatic carbocycles. The SMILES string of the molecule is [B-][N+]12CCC(CC1)C(O)(CNC(=S)Nc1nc3ccccc3[nH]1)C2. The number of hydrogen-bond acceptors (Lipinski definition) is 3. The topological polar surface area (TPSA) is 73.0 Å². The van der Waals surface area contributed by atoms with Crippen molar-refractivity contribution < 1.29 is 9.50 Å². The Morgan fingerprint density at radius 2 is 2.17 bits per heavy atom. The van der Waals surface area contributed by atoms with Gasteiger partial charge in [-0.05, 0) is 37.2 Å². The molecule has 3 saturated heterocycles. The van der Waals surface area contributed by atoms with Crippen molar-refractivity contribution in [1.82, 2.24) is 15.3 Å². The Balaban J connectivity index is 1.38. The van der Waals surface area contributed by atoms with Crippen LogP contribution < -0.4 is 10.6 Å². The molecule has 0 saturated carbocycles. The molecule has 3 fully saturated rings. The highest BCUT2D eigenvalue weighted by Gasteiger charge is 2.48. The molecular weight excluding hydrogens is 321 g/mol. The van der Waals surface area contributed by atoms with Gasteiger partial charge in [0, 0.05) is 19.0 Å². The predicted molar refractivity (Wildman–Crippen MR) is 98.6 cm³/mol. The van der Waals surface area contributed by atoms with Crippen molar-refractivity contribution in [2.75, 3.05) is 31.5 Å². The molecule has 8 heteroatoms. The van der Waals surface area contributed by atoms with Gasteiger partial charge in [0.05, 0.1) is 24.1 Å². The minimum absolute atomic E-state index is 0.294. The fourth-order valence-electron chi connectivity index (χ4n) is 4.05. The molecule has 4 N–H and O–H groups in total. The molecule has 3 aliphatic rings. The van der Waals surface area contributed by atoms with E-state index in [1.54, 1.807) is 0 Å². The number of nitrogens with one attached hydrogen (secondary N) is 3. The first kappa shape index (κ1) is 15.9. The summed E-state index contributed by atoms with van der Waals surface area (Å²) < 4.78 is 0.471. The van der Waals surface area contributed by atoms with E-state index in [0.29, 0.717) is 34.5 Å². The second-order valence-electron chi connectivity index (χ2n) is 7.11. The van der Waals surface area contributed by atoms with Crippen molar-refractivity contribution in [1.29, 1.82) is 0 Å². The number of piperidine rings is 3. The van der Waals surface area contributed by atoms with E-state index in [4.69, 9.17) is 20.2 Å². The number of hydrogen-bond donors (Lipinski definition) is 4. The Bertz CT molecular complexity index is 740. The van der Waals surface area contributed by atoms with Gasteiger partial charge in [-0.25, -0.2) is 13.0 Å². The number of imidazole rings is 1. The van der Waals surface area contributed by atoms with Crippen LogP contribution in [0.4, 0.5) is 5.95 Å². The third kappa shape index (κ3) is 2.89. The third-order valence-corrected chi connectivity index (χ3v) is 5.62. The number of aliphatic hydroxyl groups is 1. The lowest BCUT2D eigenvalue weighted by atomic mass is 9.72. The lowest BCUT2D eigenvalue weighted by Gasteiger charge is -2.64. The maximum absolute atomic E-state index is 11.0. The number of para-hydroxylation sites is 2. The minimum Gasteiger partial charge on any atom is -0.586 e. The quantitative estimate of drug-likeness (QED) is 0.493. The van der Waals surface area contributed by atoms with Crippen molar-refractivity contribution in [3.63, 3.8) is 0 Å². The van der Waals surface area contributed by atoms with Crippen LogP contribution in [0.1, 0.15) is 12.8 Å². The Morgan fingerprint density at radius 1 is 1.42 bits per heavy atom. The minimum atomic E-state index is -0.801. The number of aromatic amines is 1. The van der Waals surface area contributed by atoms with Gasteiger partial charge in [0.15, 0.2) is 5.11 Å². The molecule has 0 amide bonds. The fourth-order valence-corrected chi connectivity index (χ4v) is 4.22. The van der Waals surface area contributed by atoms with Gasteiger partial charge < -0.3 is 25.1 Å². The molecule has 1 atom stereocenters. The summed E-state index contributed by atoms with van der Waals surface area (Å²) in [5.74, 6) is 0.888. The number of aromatic nitrogens is 2. The van der Waals surface area contributed by atoms with Crippen LogP contribution in [0.15, 0.2) is 24.3 Å². The molecule has 3 aliphatic heterocycles. The van der Waals surface area contributed by atoms with Crippen LogP contribution in [0.3, 0.4) is 0 Å². The van der Waals surface area contributed by atoms with Crippen LogP contribution in [0.2, 0.25) is 0 Å². The van der Waals surface area contributed by atoms with Gasteiger partial charge in [-0.2, -0.15) is 0 Å². The number of quaternary nitrogens is 1. The van der Waals surface area contributed by atoms with Gasteiger partial charge in [-0.3, -0.25) is 0 Å². The van der Waals surface area contributed by atoms with E-state index >= 15 is 0 Å². The number of anilines is 1. The number of rotatable bonds is 3. The lowest BCUT2D eigenvalue weighted by Crippen LogP contribution is -2.70. The van der Waals surface area contributed by atoms with Crippen molar-refractivity contribution in [3.8, 4) is 0 Å². The first-order valence-corrected chi connectivity index (χ1v) is 8.73. The molecule has 125 valence electrons. The molecule has 3 radical (unpaired) electrons. The molecular formula is C16H21BN5OS. The Kier molecular flexibility index (Phi) is 3.78. The van der Waals surface area contributed by atoms with Crippen molar-refractivity contribution >= 4 is 42.3 Å². The van der Waals surface area contributed by atoms with Gasteiger partial charge in [-0.15, -0.1) is 0 Å². The highest BCUT2D eigenvalue weighted by atomic mass is 32.1. The standard InChI is InChI=1S/C16H20BN5OS/c17-22-7-5-11(6-8-22)16(23,10-22)9-18-15(24)21-14-19-12-3-1-2-4-13(12)20-14/h1-4,11,23H,5-10H2,(H2-,18,19,20,21,24)/q-1/p+1. The number of fused-ring (bicyclic) bond motifs is 4. The van der Waals surface area contributed by atoms with Gasteiger partial charge in [0.2, 0.25) is 5.95 Å². The highest BCUT2D eigenvalue weighted by molar-refractivity contribution is 7.80. The Morgan fingerprint density at radius 3 is 2.88 bits per heavy atom. The number of benzene rings is 1. The molecule has 1 unspecified atom stereocenters. The lowest BCUT2D eigenvalue weighted by molar-refractivity contribution is -0.846. The smallest absolute Gasteiger partial charge is 0.207 e. The molecule has 1 aromatic carbocycles. The molecule has 0 spiro atoms. The molecule has 6 nitrogen and oxygen atoms in total. The summed E-state index contributed by atoms with van der Waals surface area (Å²) in [4.78, 5) is 7.61. The molecule has 5 rings (SSSR count). The summed E-state index contributed by atoms with van der Waals surface area (Å²) in [6, 6.07) is 7.80. The average molecular weight is 342 g/mol. The van der Waals surface area contributed by atoms with Crippen LogP contribution in [0.5, 0.6) is 0 Å². The molecule has 4 heterocycles. The van der Waals surface area contributed by atoms with Crippen LogP contribution in [0, 0.1) is 5.92 Å². The normalized spacial score (nSPS) is 32.0. The molecule has 1 aromatic heterocycles. The molecule has 24 heavy (non-hydrogen) atoms. The van der Waals surface area contributed by atoms with E-state index < -0.39 is 5.60 Å². The van der Waals surface area contributed by atoms with Gasteiger partial charge in [0.1, 0.15) is 5.60 Å². The first-order valence-electron chi connectivity index (χ1n) is 8.33. The van der Waals surface area contributed by atoms with Crippen LogP contribution in [-0.4, -0.2) is 64.3 Å². The number of H-pyrrole nitrogens is 1. The summed E-state index contributed by atoms with van der Waals surface area (Å²) >= 11 is 5.34. The van der Waals surface area contributed by atoms with E-state index in [1.807, 2.05) is 24.3 Å². The van der Waals surface area contributed by atoms with E-state index in [9.17, 15) is 5.11 Å². The van der Waals surface area contributed by atoms with E-state index in [1.165, 1.54) is 0 Å². The summed E-state index contributed by atoms with van der Waals surface area (Å²) in [5, 5.41) is 17.6. The van der Waals surface area contributed by atoms with E-state index in [-0.39, 0.29) is 0 Å². The predicted octanol–water partition coefficient (Wildman–Crippen LogP) is 0.904. The maximum Gasteiger partial charge on any atom is 0.207 e. The molecule has 2 bridgehead atoms. The van der Waals surface area contributed by atoms with E-state index in [2.05, 4.69) is 20.6 Å². The van der Waals surface area contributed by atoms with Gasteiger partial charge >= 0.3 is 0 Å². The highest BCUT2D eigenvalue weighted by Crippen LogP contribution is 2.38. The summed E-state index contributed by atoms with van der Waals surface area (Å²) in [6.07, 6.45) is 1.94. The number of thiocarbonyl (C=S) groups is 1. The summed E-state index contributed by atoms with van der Waals surface area (Å²) in [5.41, 5.74) is 1.03. The van der Waals surface area contributed by atoms with Crippen LogP contribution in [-0.2, 0) is 0 Å². The van der Waals surface area contributed by atoms with Crippen LogP contribution >= 0.6 is 12.2 Å². The third-order valence-electron chi connectivity index (χ3n) is 5.37. The summed E-state index contributed by atoms with van der Waals surface area (Å²) in [7, 11) is 6.33. The van der Waals surface area contributed by atoms with Crippen molar-refractivity contribution in [3.05, 3.63) is 24.3 Å². The second kappa shape index (κ2) is 5.72. The number of nitrogens with zero attached hydrogens (tertiary/aromatic N) is 2. The van der Waals surface area contributed by atoms with E-state index in [0.717, 1.165) is 37.0 Å². The Labute approximate surface area is 147 Å². The fraction of sp³-hybridized carbons (Fsp3) is 0.500. The van der Waals surface area contributed by atoms with Gasteiger partial charge in [-0.1, -0.05) is 12.1 Å².